The number of hydrogen-bond acceptors (Lipinski definition) is 4. The fraction of sp³-hybridized carbons (Fsp3) is 0.333. The minimum atomic E-state index is 0.512. The summed E-state index contributed by atoms with van der Waals surface area (Å²) in [7, 11) is 0. The monoisotopic (exact) mass is 192 g/mol. The summed E-state index contributed by atoms with van der Waals surface area (Å²) in [6.45, 7) is 3.00. The molecule has 2 N–H and O–H groups in total. The molecule has 0 radical (unpaired) electrons. The first-order valence-electron chi connectivity index (χ1n) is 4.41. The molecular formula is C9H12N4O. The maximum atomic E-state index is 5.47. The molecule has 2 aromatic heterocycles. The average molecular weight is 192 g/mol. The SMILES string of the molecule is Cc1cc(Cn2cc(CN)cn2)no1. The Morgan fingerprint density at radius 3 is 3.00 bits per heavy atom. The summed E-state index contributed by atoms with van der Waals surface area (Å²) in [5.74, 6) is 0.811. The van der Waals surface area contributed by atoms with Crippen molar-refractivity contribution in [2.75, 3.05) is 0 Å². The van der Waals surface area contributed by atoms with Gasteiger partial charge in [0.2, 0.25) is 0 Å². The van der Waals surface area contributed by atoms with Gasteiger partial charge in [0.1, 0.15) is 11.5 Å². The lowest BCUT2D eigenvalue weighted by Gasteiger charge is -1.94. The van der Waals surface area contributed by atoms with E-state index in [0.717, 1.165) is 17.0 Å². The molecule has 0 aliphatic heterocycles. The van der Waals surface area contributed by atoms with Gasteiger partial charge in [-0.1, -0.05) is 5.16 Å². The smallest absolute Gasteiger partial charge is 0.133 e. The van der Waals surface area contributed by atoms with Crippen molar-refractivity contribution in [3.05, 3.63) is 35.5 Å². The first kappa shape index (κ1) is 8.96. The second kappa shape index (κ2) is 3.63. The van der Waals surface area contributed by atoms with Crippen LogP contribution in [0.2, 0.25) is 0 Å². The Bertz CT molecular complexity index is 418. The summed E-state index contributed by atoms with van der Waals surface area (Å²) in [5.41, 5.74) is 7.36. The topological polar surface area (TPSA) is 69.9 Å². The van der Waals surface area contributed by atoms with E-state index >= 15 is 0 Å². The minimum Gasteiger partial charge on any atom is -0.361 e. The molecule has 0 atom stereocenters. The van der Waals surface area contributed by atoms with Gasteiger partial charge in [0.25, 0.3) is 0 Å². The van der Waals surface area contributed by atoms with Gasteiger partial charge in [-0.25, -0.2) is 0 Å². The molecule has 0 aromatic carbocycles. The van der Waals surface area contributed by atoms with Gasteiger partial charge in [-0.05, 0) is 6.92 Å². The van der Waals surface area contributed by atoms with E-state index in [2.05, 4.69) is 10.3 Å². The Morgan fingerprint density at radius 1 is 1.57 bits per heavy atom. The zero-order valence-corrected chi connectivity index (χ0v) is 7.97. The predicted molar refractivity (Wildman–Crippen MR) is 50.5 cm³/mol. The van der Waals surface area contributed by atoms with Crippen LogP contribution in [0.3, 0.4) is 0 Å². The molecule has 0 unspecified atom stereocenters. The van der Waals surface area contributed by atoms with Crippen molar-refractivity contribution in [1.29, 1.82) is 0 Å². The standard InChI is InChI=1S/C9H12N4O/c1-7-2-9(12-14-7)6-13-5-8(3-10)4-11-13/h2,4-5H,3,6,10H2,1H3. The van der Waals surface area contributed by atoms with Crippen LogP contribution in [0.1, 0.15) is 17.0 Å². The first-order valence-corrected chi connectivity index (χ1v) is 4.41. The van der Waals surface area contributed by atoms with Crippen molar-refractivity contribution < 1.29 is 4.52 Å². The molecule has 0 aliphatic carbocycles. The van der Waals surface area contributed by atoms with Crippen LogP contribution < -0.4 is 5.73 Å². The summed E-state index contributed by atoms with van der Waals surface area (Å²) in [6, 6.07) is 1.89. The van der Waals surface area contributed by atoms with Crippen molar-refractivity contribution >= 4 is 0 Å². The maximum Gasteiger partial charge on any atom is 0.133 e. The summed E-state index contributed by atoms with van der Waals surface area (Å²) >= 11 is 0. The van der Waals surface area contributed by atoms with Crippen LogP contribution in [0.4, 0.5) is 0 Å². The van der Waals surface area contributed by atoms with Gasteiger partial charge in [0.05, 0.1) is 12.7 Å². The molecule has 0 bridgehead atoms. The second-order valence-electron chi connectivity index (χ2n) is 3.18. The summed E-state index contributed by atoms with van der Waals surface area (Å²) in [5, 5.41) is 8.03. The van der Waals surface area contributed by atoms with Gasteiger partial charge in [-0.15, -0.1) is 0 Å². The molecule has 5 nitrogen and oxygen atoms in total. The molecule has 2 heterocycles. The third-order valence-electron chi connectivity index (χ3n) is 1.92. The van der Waals surface area contributed by atoms with Crippen LogP contribution in [0.5, 0.6) is 0 Å². The molecule has 2 aromatic rings. The van der Waals surface area contributed by atoms with E-state index in [9.17, 15) is 0 Å². The van der Waals surface area contributed by atoms with Crippen molar-refractivity contribution in [2.24, 2.45) is 5.73 Å². The Kier molecular flexibility index (Phi) is 2.32. The fourth-order valence-electron chi connectivity index (χ4n) is 1.26. The van der Waals surface area contributed by atoms with Crippen molar-refractivity contribution in [3.63, 3.8) is 0 Å². The summed E-state index contributed by atoms with van der Waals surface area (Å²) < 4.78 is 6.75. The molecule has 74 valence electrons. The van der Waals surface area contributed by atoms with Crippen LogP contribution in [0.15, 0.2) is 23.0 Å². The molecule has 14 heavy (non-hydrogen) atoms. The second-order valence-corrected chi connectivity index (χ2v) is 3.18. The molecule has 0 saturated heterocycles. The number of nitrogens with zero attached hydrogens (tertiary/aromatic N) is 3. The normalized spacial score (nSPS) is 10.7. The molecule has 0 fully saturated rings. The van der Waals surface area contributed by atoms with Crippen LogP contribution in [-0.4, -0.2) is 14.9 Å². The van der Waals surface area contributed by atoms with E-state index in [-0.39, 0.29) is 0 Å². The van der Waals surface area contributed by atoms with E-state index in [1.807, 2.05) is 19.2 Å². The van der Waals surface area contributed by atoms with Crippen LogP contribution in [0, 0.1) is 6.92 Å². The number of nitrogens with two attached hydrogens (primary N) is 1. The molecule has 0 saturated carbocycles. The largest absolute Gasteiger partial charge is 0.361 e. The van der Waals surface area contributed by atoms with E-state index in [1.165, 1.54) is 0 Å². The highest BCUT2D eigenvalue weighted by Crippen LogP contribution is 2.04. The molecule has 2 rings (SSSR count). The highest BCUT2D eigenvalue weighted by Gasteiger charge is 2.02. The Morgan fingerprint density at radius 2 is 2.43 bits per heavy atom. The third kappa shape index (κ3) is 1.82. The number of aromatic nitrogens is 3. The van der Waals surface area contributed by atoms with Crippen LogP contribution >= 0.6 is 0 Å². The average Bonchev–Trinajstić information content (AvgIpc) is 2.76. The molecular weight excluding hydrogens is 180 g/mol. The van der Waals surface area contributed by atoms with E-state index in [4.69, 9.17) is 10.3 Å². The van der Waals surface area contributed by atoms with E-state index in [1.54, 1.807) is 10.9 Å². The number of rotatable bonds is 3. The van der Waals surface area contributed by atoms with Gasteiger partial charge < -0.3 is 10.3 Å². The molecule has 0 spiro atoms. The van der Waals surface area contributed by atoms with Gasteiger partial charge in [-0.3, -0.25) is 4.68 Å². The lowest BCUT2D eigenvalue weighted by atomic mass is 10.3. The lowest BCUT2D eigenvalue weighted by molar-refractivity contribution is 0.387. The van der Waals surface area contributed by atoms with Crippen LogP contribution in [-0.2, 0) is 13.1 Å². The van der Waals surface area contributed by atoms with Crippen LogP contribution in [0.25, 0.3) is 0 Å². The summed E-state index contributed by atoms with van der Waals surface area (Å²) in [4.78, 5) is 0. The maximum absolute atomic E-state index is 5.47. The van der Waals surface area contributed by atoms with E-state index in [0.29, 0.717) is 13.1 Å². The number of hydrogen-bond donors (Lipinski definition) is 1. The third-order valence-corrected chi connectivity index (χ3v) is 1.92. The Balaban J connectivity index is 2.10. The highest BCUT2D eigenvalue weighted by molar-refractivity contribution is 5.07. The summed E-state index contributed by atoms with van der Waals surface area (Å²) in [6.07, 6.45) is 3.66. The molecule has 0 aliphatic rings. The molecule has 0 amide bonds. The Hall–Kier alpha value is -1.62. The van der Waals surface area contributed by atoms with Crippen molar-refractivity contribution in [2.45, 2.75) is 20.0 Å². The van der Waals surface area contributed by atoms with Gasteiger partial charge in [0, 0.05) is 24.4 Å². The predicted octanol–water partition coefficient (Wildman–Crippen LogP) is 0.687. The minimum absolute atomic E-state index is 0.512. The van der Waals surface area contributed by atoms with E-state index < -0.39 is 0 Å². The first-order chi connectivity index (χ1) is 6.78. The van der Waals surface area contributed by atoms with Gasteiger partial charge >= 0.3 is 0 Å². The zero-order valence-electron chi connectivity index (χ0n) is 7.97. The number of aryl methyl sites for hydroxylation is 1. The highest BCUT2D eigenvalue weighted by atomic mass is 16.5. The Labute approximate surface area is 81.5 Å². The van der Waals surface area contributed by atoms with Crippen molar-refractivity contribution in [3.8, 4) is 0 Å². The zero-order chi connectivity index (χ0) is 9.97. The lowest BCUT2D eigenvalue weighted by Crippen LogP contribution is -2.00. The van der Waals surface area contributed by atoms with Crippen molar-refractivity contribution in [1.82, 2.24) is 14.9 Å². The van der Waals surface area contributed by atoms with Gasteiger partial charge in [0.15, 0.2) is 0 Å². The fourth-order valence-corrected chi connectivity index (χ4v) is 1.26. The molecule has 5 heteroatoms. The quantitative estimate of drug-likeness (QED) is 0.776. The van der Waals surface area contributed by atoms with Gasteiger partial charge in [-0.2, -0.15) is 5.10 Å².